The molecular formula is C19H33IN4O3. The normalized spacial score (nSPS) is 25.4. The molecule has 2 fully saturated rings. The Labute approximate surface area is 178 Å². The summed E-state index contributed by atoms with van der Waals surface area (Å²) in [5, 5.41) is 17.2. The summed E-state index contributed by atoms with van der Waals surface area (Å²) in [6.45, 7) is 10.3. The van der Waals surface area contributed by atoms with Crippen molar-refractivity contribution in [2.45, 2.75) is 51.4 Å². The van der Waals surface area contributed by atoms with Crippen LogP contribution in [-0.2, 0) is 10.3 Å². The zero-order valence-electron chi connectivity index (χ0n) is 16.5. The summed E-state index contributed by atoms with van der Waals surface area (Å²) < 4.78 is 11.5. The second-order valence-electron chi connectivity index (χ2n) is 7.51. The predicted molar refractivity (Wildman–Crippen MR) is 117 cm³/mol. The number of halogens is 1. The van der Waals surface area contributed by atoms with Crippen molar-refractivity contribution in [1.82, 2.24) is 15.5 Å². The fourth-order valence-corrected chi connectivity index (χ4v) is 3.60. The number of fused-ring (bicyclic) bond motifs is 1. The highest BCUT2D eigenvalue weighted by Crippen LogP contribution is 2.23. The molecule has 3 rings (SSSR count). The van der Waals surface area contributed by atoms with Crippen LogP contribution in [0.4, 0.5) is 0 Å². The van der Waals surface area contributed by atoms with Crippen molar-refractivity contribution in [2.24, 2.45) is 4.99 Å². The Morgan fingerprint density at radius 2 is 2.22 bits per heavy atom. The van der Waals surface area contributed by atoms with E-state index in [4.69, 9.17) is 9.15 Å². The number of guanidine groups is 1. The number of morpholine rings is 1. The van der Waals surface area contributed by atoms with Crippen LogP contribution in [0, 0.1) is 6.92 Å². The molecule has 3 unspecified atom stereocenters. The number of aliphatic imine (C=N–C) groups is 1. The van der Waals surface area contributed by atoms with Gasteiger partial charge in [-0.3, -0.25) is 4.90 Å². The molecule has 2 aliphatic heterocycles. The molecule has 3 atom stereocenters. The van der Waals surface area contributed by atoms with E-state index in [1.807, 2.05) is 19.9 Å². The van der Waals surface area contributed by atoms with E-state index in [9.17, 15) is 5.11 Å². The number of aliphatic hydroxyl groups is 1. The van der Waals surface area contributed by atoms with Gasteiger partial charge in [0.2, 0.25) is 0 Å². The summed E-state index contributed by atoms with van der Waals surface area (Å²) in [5.41, 5.74) is -1.14. The topological polar surface area (TPSA) is 82.3 Å². The highest BCUT2D eigenvalue weighted by Gasteiger charge is 2.32. The standard InChI is InChI=1S/C19H32N4O3.HI/c1-4-20-18(22-13-19(3,24)17-8-7-14(2)26-17)21-10-16-11-23-9-5-6-15(23)12-25-16;/h7-8,15-16,24H,4-6,9-13H2,1-3H3,(H2,20,21,22);1H. The van der Waals surface area contributed by atoms with Gasteiger partial charge < -0.3 is 24.9 Å². The van der Waals surface area contributed by atoms with Crippen LogP contribution in [-0.4, -0.2) is 67.4 Å². The highest BCUT2D eigenvalue weighted by molar-refractivity contribution is 14.0. The van der Waals surface area contributed by atoms with Gasteiger partial charge in [-0.2, -0.15) is 0 Å². The number of rotatable bonds is 6. The lowest BCUT2D eigenvalue weighted by atomic mass is 10.0. The molecule has 154 valence electrons. The number of hydrogen-bond donors (Lipinski definition) is 3. The van der Waals surface area contributed by atoms with Crippen LogP contribution in [0.3, 0.4) is 0 Å². The molecule has 1 aromatic rings. The maximum Gasteiger partial charge on any atom is 0.191 e. The van der Waals surface area contributed by atoms with Crippen molar-refractivity contribution in [1.29, 1.82) is 0 Å². The number of nitrogens with zero attached hydrogens (tertiary/aromatic N) is 2. The zero-order chi connectivity index (χ0) is 18.6. The van der Waals surface area contributed by atoms with E-state index >= 15 is 0 Å². The number of aryl methyl sites for hydroxylation is 1. The van der Waals surface area contributed by atoms with Gasteiger partial charge in [0.25, 0.3) is 0 Å². The molecule has 0 saturated carbocycles. The maximum atomic E-state index is 10.6. The van der Waals surface area contributed by atoms with Gasteiger partial charge in [0.15, 0.2) is 5.96 Å². The monoisotopic (exact) mass is 492 g/mol. The Kier molecular flexibility index (Phi) is 8.39. The van der Waals surface area contributed by atoms with E-state index in [1.165, 1.54) is 19.4 Å². The molecule has 0 aliphatic carbocycles. The minimum Gasteiger partial charge on any atom is -0.463 e. The SMILES string of the molecule is CCNC(=NCC(C)(O)c1ccc(C)o1)NCC1CN2CCCC2CO1.I. The molecule has 27 heavy (non-hydrogen) atoms. The third-order valence-corrected chi connectivity index (χ3v) is 5.12. The summed E-state index contributed by atoms with van der Waals surface area (Å²) >= 11 is 0. The lowest BCUT2D eigenvalue weighted by molar-refractivity contribution is -0.0453. The lowest BCUT2D eigenvalue weighted by Crippen LogP contribution is -2.51. The third kappa shape index (κ3) is 6.07. The average Bonchev–Trinajstić information content (AvgIpc) is 3.26. The smallest absolute Gasteiger partial charge is 0.191 e. The predicted octanol–water partition coefficient (Wildman–Crippen LogP) is 1.83. The molecule has 7 nitrogen and oxygen atoms in total. The van der Waals surface area contributed by atoms with E-state index in [1.54, 1.807) is 13.0 Å². The van der Waals surface area contributed by atoms with Gasteiger partial charge in [-0.05, 0) is 52.3 Å². The number of hydrogen-bond acceptors (Lipinski definition) is 5. The maximum absolute atomic E-state index is 10.6. The molecule has 8 heteroatoms. The summed E-state index contributed by atoms with van der Waals surface area (Å²) in [7, 11) is 0. The molecule has 0 radical (unpaired) electrons. The molecular weight excluding hydrogens is 459 g/mol. The Hall–Kier alpha value is -0.840. The van der Waals surface area contributed by atoms with E-state index < -0.39 is 5.60 Å². The Morgan fingerprint density at radius 1 is 1.41 bits per heavy atom. The third-order valence-electron chi connectivity index (χ3n) is 5.12. The van der Waals surface area contributed by atoms with E-state index in [0.29, 0.717) is 24.3 Å². The minimum absolute atomic E-state index is 0. The fraction of sp³-hybridized carbons (Fsp3) is 0.737. The molecule has 3 N–H and O–H groups in total. The molecule has 0 aromatic carbocycles. The highest BCUT2D eigenvalue weighted by atomic mass is 127. The number of nitrogens with one attached hydrogen (secondary N) is 2. The van der Waals surface area contributed by atoms with Crippen molar-refractivity contribution in [2.75, 3.05) is 39.3 Å². The van der Waals surface area contributed by atoms with Crippen LogP contribution in [0.25, 0.3) is 0 Å². The van der Waals surface area contributed by atoms with E-state index in [2.05, 4.69) is 20.5 Å². The van der Waals surface area contributed by atoms with Crippen LogP contribution < -0.4 is 10.6 Å². The molecule has 0 bridgehead atoms. The minimum atomic E-state index is -1.14. The van der Waals surface area contributed by atoms with Crippen LogP contribution >= 0.6 is 24.0 Å². The largest absolute Gasteiger partial charge is 0.463 e. The van der Waals surface area contributed by atoms with Crippen molar-refractivity contribution in [3.63, 3.8) is 0 Å². The van der Waals surface area contributed by atoms with Crippen molar-refractivity contribution < 1.29 is 14.3 Å². The Balaban J connectivity index is 0.00000261. The number of furan rings is 1. The van der Waals surface area contributed by atoms with Gasteiger partial charge in [-0.15, -0.1) is 24.0 Å². The first-order valence-corrected chi connectivity index (χ1v) is 9.65. The van der Waals surface area contributed by atoms with Gasteiger partial charge in [0, 0.05) is 25.7 Å². The van der Waals surface area contributed by atoms with Crippen LogP contribution in [0.5, 0.6) is 0 Å². The van der Waals surface area contributed by atoms with Crippen molar-refractivity contribution in [3.8, 4) is 0 Å². The molecule has 0 amide bonds. The second kappa shape index (κ2) is 10.1. The first-order valence-electron chi connectivity index (χ1n) is 9.65. The molecule has 3 heterocycles. The van der Waals surface area contributed by atoms with Gasteiger partial charge in [-0.25, -0.2) is 4.99 Å². The average molecular weight is 492 g/mol. The first-order chi connectivity index (χ1) is 12.5. The number of ether oxygens (including phenoxy) is 1. The van der Waals surface area contributed by atoms with Gasteiger partial charge in [-0.1, -0.05) is 0 Å². The van der Waals surface area contributed by atoms with E-state index in [0.717, 1.165) is 25.5 Å². The summed E-state index contributed by atoms with van der Waals surface area (Å²) in [6.07, 6.45) is 2.70. The van der Waals surface area contributed by atoms with Crippen LogP contribution in [0.15, 0.2) is 21.5 Å². The van der Waals surface area contributed by atoms with Gasteiger partial charge in [0.05, 0.1) is 19.3 Å². The summed E-state index contributed by atoms with van der Waals surface area (Å²) in [5.74, 6) is 2.00. The molecule has 2 aliphatic rings. The summed E-state index contributed by atoms with van der Waals surface area (Å²) in [6, 6.07) is 4.26. The lowest BCUT2D eigenvalue weighted by Gasteiger charge is -2.35. The van der Waals surface area contributed by atoms with Gasteiger partial charge >= 0.3 is 0 Å². The molecule has 0 spiro atoms. The van der Waals surface area contributed by atoms with E-state index in [-0.39, 0.29) is 36.6 Å². The van der Waals surface area contributed by atoms with Gasteiger partial charge in [0.1, 0.15) is 17.1 Å². The van der Waals surface area contributed by atoms with Crippen molar-refractivity contribution in [3.05, 3.63) is 23.7 Å². The second-order valence-corrected chi connectivity index (χ2v) is 7.51. The first kappa shape index (κ1) is 22.4. The van der Waals surface area contributed by atoms with Crippen LogP contribution in [0.2, 0.25) is 0 Å². The van der Waals surface area contributed by atoms with Crippen LogP contribution in [0.1, 0.15) is 38.2 Å². The van der Waals surface area contributed by atoms with Crippen molar-refractivity contribution >= 4 is 29.9 Å². The Morgan fingerprint density at radius 3 is 2.93 bits per heavy atom. The molecule has 2 saturated heterocycles. The zero-order valence-corrected chi connectivity index (χ0v) is 18.9. The Bertz CT molecular complexity index is 620. The fourth-order valence-electron chi connectivity index (χ4n) is 3.60. The molecule has 1 aromatic heterocycles. The quantitative estimate of drug-likeness (QED) is 0.320. The summed E-state index contributed by atoms with van der Waals surface area (Å²) in [4.78, 5) is 7.07.